The van der Waals surface area contributed by atoms with Crippen LogP contribution in [0.1, 0.15) is 18.4 Å². The Bertz CT molecular complexity index is 1220. The molecule has 0 unspecified atom stereocenters. The van der Waals surface area contributed by atoms with Gasteiger partial charge >= 0.3 is 6.09 Å². The molecule has 3 fully saturated rings. The Morgan fingerprint density at radius 2 is 1.55 bits per heavy atom. The Kier molecular flexibility index (Phi) is 9.28. The number of halogens is 4. The van der Waals surface area contributed by atoms with Crippen LogP contribution in [0, 0.1) is 23.4 Å². The molecule has 3 aromatic rings. The van der Waals surface area contributed by atoms with Gasteiger partial charge in [-0.25, -0.2) is 18.0 Å². The maximum Gasteiger partial charge on any atom is 0.415 e. The molecule has 3 heterocycles. The SMILES string of the molecule is O=C(O[C@H]1C[N+]2(CCSc3ccc(F)cc3)CCC1CC2)N(Cc1ccc(F)cc1)c1ccccc1F.[Cl-]. The number of para-hydroxylation sites is 1. The summed E-state index contributed by atoms with van der Waals surface area (Å²) in [6, 6.07) is 18.5. The number of thioether (sulfide) groups is 1. The lowest BCUT2D eigenvalue weighted by molar-refractivity contribution is -0.943. The lowest BCUT2D eigenvalue weighted by Gasteiger charge is -2.52. The average molecular weight is 563 g/mol. The van der Waals surface area contributed by atoms with Crippen LogP contribution in [0.15, 0.2) is 77.7 Å². The van der Waals surface area contributed by atoms with Crippen molar-refractivity contribution in [1.29, 1.82) is 0 Å². The number of nitrogens with zero attached hydrogens (tertiary/aromatic N) is 2. The summed E-state index contributed by atoms with van der Waals surface area (Å²) in [5.74, 6) is 0.0578. The van der Waals surface area contributed by atoms with Crippen LogP contribution < -0.4 is 17.3 Å². The molecule has 2 bridgehead atoms. The number of hydrogen-bond donors (Lipinski definition) is 0. The summed E-state index contributed by atoms with van der Waals surface area (Å²) < 4.78 is 48.3. The fraction of sp³-hybridized carbons (Fsp3) is 0.345. The number of carbonyl (C=O) groups is 1. The summed E-state index contributed by atoms with van der Waals surface area (Å²) in [7, 11) is 0. The summed E-state index contributed by atoms with van der Waals surface area (Å²) in [5, 5.41) is 0. The second-order valence-electron chi connectivity index (χ2n) is 9.92. The first kappa shape index (κ1) is 28.3. The van der Waals surface area contributed by atoms with Gasteiger partial charge in [0.1, 0.15) is 24.0 Å². The van der Waals surface area contributed by atoms with Crippen molar-refractivity contribution in [1.82, 2.24) is 0 Å². The van der Waals surface area contributed by atoms with Crippen LogP contribution in [0.4, 0.5) is 23.7 Å². The van der Waals surface area contributed by atoms with Crippen molar-refractivity contribution in [3.05, 3.63) is 95.8 Å². The molecule has 1 amide bonds. The Morgan fingerprint density at radius 3 is 2.21 bits per heavy atom. The van der Waals surface area contributed by atoms with E-state index in [-0.39, 0.29) is 42.4 Å². The Hall–Kier alpha value is -2.68. The third kappa shape index (κ3) is 6.65. The summed E-state index contributed by atoms with van der Waals surface area (Å²) >= 11 is 1.71. The molecule has 3 aliphatic rings. The number of benzene rings is 3. The normalized spacial score (nSPS) is 22.0. The lowest BCUT2D eigenvalue weighted by atomic mass is 9.83. The first-order valence-corrected chi connectivity index (χ1v) is 13.6. The molecule has 1 atom stereocenters. The molecule has 4 nitrogen and oxygen atoms in total. The van der Waals surface area contributed by atoms with E-state index >= 15 is 0 Å². The molecule has 0 saturated carbocycles. The molecule has 9 heteroatoms. The van der Waals surface area contributed by atoms with Crippen molar-refractivity contribution in [3.63, 3.8) is 0 Å². The highest BCUT2D eigenvalue weighted by Gasteiger charge is 2.47. The van der Waals surface area contributed by atoms with Crippen LogP contribution in [0.3, 0.4) is 0 Å². The lowest BCUT2D eigenvalue weighted by Crippen LogP contribution is -3.00. The van der Waals surface area contributed by atoms with Crippen LogP contribution in [-0.2, 0) is 11.3 Å². The molecule has 3 aliphatic heterocycles. The molecular weight excluding hydrogens is 533 g/mol. The van der Waals surface area contributed by atoms with Crippen molar-refractivity contribution in [2.24, 2.45) is 5.92 Å². The number of ether oxygens (including phenoxy) is 1. The highest BCUT2D eigenvalue weighted by molar-refractivity contribution is 7.99. The molecule has 38 heavy (non-hydrogen) atoms. The van der Waals surface area contributed by atoms with E-state index in [0.29, 0.717) is 11.5 Å². The summed E-state index contributed by atoms with van der Waals surface area (Å²) in [6.45, 7) is 3.85. The Morgan fingerprint density at radius 1 is 0.921 bits per heavy atom. The van der Waals surface area contributed by atoms with Gasteiger partial charge in [0.25, 0.3) is 0 Å². The van der Waals surface area contributed by atoms with Gasteiger partial charge in [-0.05, 0) is 54.1 Å². The zero-order chi connectivity index (χ0) is 25.8. The van der Waals surface area contributed by atoms with Gasteiger partial charge < -0.3 is 21.6 Å². The van der Waals surface area contributed by atoms with Crippen molar-refractivity contribution in [3.8, 4) is 0 Å². The van der Waals surface area contributed by atoms with E-state index in [2.05, 4.69) is 0 Å². The number of hydrogen-bond acceptors (Lipinski definition) is 3. The quantitative estimate of drug-likeness (QED) is 0.310. The molecule has 0 N–H and O–H groups in total. The van der Waals surface area contributed by atoms with Gasteiger partial charge in [-0.3, -0.25) is 4.90 Å². The monoisotopic (exact) mass is 562 g/mol. The summed E-state index contributed by atoms with van der Waals surface area (Å²) in [6.07, 6.45) is 1.13. The third-order valence-corrected chi connectivity index (χ3v) is 8.55. The highest BCUT2D eigenvalue weighted by atomic mass is 35.5. The molecular formula is C29H30ClF3N2O2S. The van der Waals surface area contributed by atoms with Crippen molar-refractivity contribution >= 4 is 23.5 Å². The number of carbonyl (C=O) groups excluding carboxylic acids is 1. The fourth-order valence-electron chi connectivity index (χ4n) is 5.44. The van der Waals surface area contributed by atoms with Crippen molar-refractivity contribution in [2.45, 2.75) is 30.4 Å². The Balaban J connectivity index is 0.00000336. The Labute approximate surface area is 231 Å². The predicted octanol–water partition coefficient (Wildman–Crippen LogP) is 3.65. The van der Waals surface area contributed by atoms with Crippen molar-refractivity contribution < 1.29 is 39.6 Å². The number of rotatable bonds is 8. The molecule has 202 valence electrons. The molecule has 0 aliphatic carbocycles. The molecule has 0 radical (unpaired) electrons. The van der Waals surface area contributed by atoms with Crippen LogP contribution in [0.5, 0.6) is 0 Å². The van der Waals surface area contributed by atoms with E-state index in [1.54, 1.807) is 54.2 Å². The van der Waals surface area contributed by atoms with Crippen LogP contribution in [-0.4, -0.2) is 48.6 Å². The standard InChI is InChI=1S/C29H30F3N2O2S.ClH/c30-23-7-5-21(6-8-23)19-33(27-4-2-1-3-26(27)32)29(35)36-28-20-34(15-13-22(28)14-16-34)17-18-37-25-11-9-24(31)10-12-25;/h1-12,22,28H,13-20H2;1H/q+1;/p-1/t22?,28-,34?;/m0./s1. The number of fused-ring (bicyclic) bond motifs is 3. The number of piperidine rings is 3. The number of amides is 1. The first-order valence-electron chi connectivity index (χ1n) is 12.6. The van der Waals surface area contributed by atoms with E-state index in [1.165, 1.54) is 35.2 Å². The van der Waals surface area contributed by atoms with E-state index in [0.717, 1.165) is 54.2 Å². The number of anilines is 1. The van der Waals surface area contributed by atoms with Crippen molar-refractivity contribution in [2.75, 3.05) is 36.8 Å². The minimum absolute atomic E-state index is 0. The third-order valence-electron chi connectivity index (χ3n) is 7.56. The van der Waals surface area contributed by atoms with Crippen LogP contribution in [0.2, 0.25) is 0 Å². The van der Waals surface area contributed by atoms with E-state index in [4.69, 9.17) is 4.74 Å². The molecule has 0 aromatic heterocycles. The number of quaternary nitrogens is 1. The van der Waals surface area contributed by atoms with Gasteiger partial charge in [0.15, 0.2) is 6.10 Å². The topological polar surface area (TPSA) is 29.5 Å². The van der Waals surface area contributed by atoms with Gasteiger partial charge in [-0.2, -0.15) is 0 Å². The van der Waals surface area contributed by atoms with E-state index in [1.807, 2.05) is 0 Å². The largest absolute Gasteiger partial charge is 1.00 e. The predicted molar refractivity (Wildman–Crippen MR) is 139 cm³/mol. The minimum Gasteiger partial charge on any atom is -1.00 e. The average Bonchev–Trinajstić information content (AvgIpc) is 2.90. The maximum atomic E-state index is 14.7. The van der Waals surface area contributed by atoms with Gasteiger partial charge in [0.05, 0.1) is 31.9 Å². The van der Waals surface area contributed by atoms with Gasteiger partial charge in [0.2, 0.25) is 0 Å². The second-order valence-corrected chi connectivity index (χ2v) is 11.1. The zero-order valence-electron chi connectivity index (χ0n) is 20.9. The minimum atomic E-state index is -0.591. The van der Waals surface area contributed by atoms with E-state index < -0.39 is 11.9 Å². The summed E-state index contributed by atoms with van der Waals surface area (Å²) in [5.41, 5.74) is 0.814. The molecule has 3 saturated heterocycles. The first-order chi connectivity index (χ1) is 17.9. The summed E-state index contributed by atoms with van der Waals surface area (Å²) in [4.78, 5) is 15.8. The zero-order valence-corrected chi connectivity index (χ0v) is 22.4. The molecule has 0 spiro atoms. The highest BCUT2D eigenvalue weighted by Crippen LogP contribution is 2.37. The van der Waals surface area contributed by atoms with Gasteiger partial charge in [-0.15, -0.1) is 11.8 Å². The van der Waals surface area contributed by atoms with E-state index in [9.17, 15) is 18.0 Å². The maximum absolute atomic E-state index is 14.7. The smallest absolute Gasteiger partial charge is 0.415 e. The van der Waals surface area contributed by atoms with Gasteiger partial charge in [-0.1, -0.05) is 24.3 Å². The fourth-order valence-corrected chi connectivity index (χ4v) is 6.48. The van der Waals surface area contributed by atoms with Crippen LogP contribution in [0.25, 0.3) is 0 Å². The van der Waals surface area contributed by atoms with Gasteiger partial charge in [0, 0.05) is 29.4 Å². The second kappa shape index (κ2) is 12.5. The van der Waals surface area contributed by atoms with Crippen LogP contribution >= 0.6 is 11.8 Å². The molecule has 3 aromatic carbocycles. The molecule has 6 rings (SSSR count).